The maximum atomic E-state index is 10.8. The van der Waals surface area contributed by atoms with E-state index in [4.69, 9.17) is 10.5 Å². The molecule has 1 aliphatic rings. The van der Waals surface area contributed by atoms with Crippen molar-refractivity contribution in [2.75, 3.05) is 25.9 Å². The van der Waals surface area contributed by atoms with Gasteiger partial charge in [0.1, 0.15) is 17.5 Å². The molecule has 1 aromatic rings. The summed E-state index contributed by atoms with van der Waals surface area (Å²) in [6.07, 6.45) is 2.15. The topological polar surface area (TPSA) is 81.6 Å². The van der Waals surface area contributed by atoms with E-state index in [1.54, 1.807) is 6.07 Å². The molecule has 1 heterocycles. The van der Waals surface area contributed by atoms with Crippen molar-refractivity contribution in [3.05, 3.63) is 28.3 Å². The molecule has 1 atom stereocenters. The number of hydrogen-bond donors (Lipinski definition) is 1. The minimum absolute atomic E-state index is 0.0898. The van der Waals surface area contributed by atoms with Gasteiger partial charge in [-0.25, -0.2) is 0 Å². The summed E-state index contributed by atoms with van der Waals surface area (Å²) in [4.78, 5) is 12.5. The fraction of sp³-hybridized carbons (Fsp3) is 0.500. The molecule has 1 fully saturated rings. The van der Waals surface area contributed by atoms with Gasteiger partial charge in [-0.05, 0) is 38.6 Å². The van der Waals surface area contributed by atoms with Gasteiger partial charge in [0.2, 0.25) is 0 Å². The lowest BCUT2D eigenvalue weighted by atomic mass is 10.1. The SMILES string of the molecule is CN1CCCC(Oc2ccc(N)c([N+](=O)[O-])c2)C1. The van der Waals surface area contributed by atoms with E-state index in [1.165, 1.54) is 12.1 Å². The highest BCUT2D eigenvalue weighted by Crippen LogP contribution is 2.28. The van der Waals surface area contributed by atoms with Crippen LogP contribution in [0.2, 0.25) is 0 Å². The molecule has 0 amide bonds. The van der Waals surface area contributed by atoms with Crippen molar-refractivity contribution in [3.8, 4) is 5.75 Å². The Morgan fingerprint density at radius 1 is 1.56 bits per heavy atom. The zero-order valence-corrected chi connectivity index (χ0v) is 10.3. The van der Waals surface area contributed by atoms with E-state index in [0.717, 1.165) is 25.9 Å². The molecule has 6 heteroatoms. The van der Waals surface area contributed by atoms with Crippen LogP contribution >= 0.6 is 0 Å². The predicted octanol–water partition coefficient (Wildman–Crippen LogP) is 1.65. The van der Waals surface area contributed by atoms with Gasteiger partial charge in [-0.1, -0.05) is 0 Å². The van der Waals surface area contributed by atoms with E-state index in [9.17, 15) is 10.1 Å². The van der Waals surface area contributed by atoms with Crippen molar-refractivity contribution < 1.29 is 9.66 Å². The third-order valence-corrected chi connectivity index (χ3v) is 3.08. The van der Waals surface area contributed by atoms with Gasteiger partial charge in [-0.2, -0.15) is 0 Å². The number of likely N-dealkylation sites (N-methyl/N-ethyl adjacent to an activating group) is 1. The van der Waals surface area contributed by atoms with Crippen LogP contribution in [0.4, 0.5) is 11.4 Å². The number of piperidine rings is 1. The zero-order valence-electron chi connectivity index (χ0n) is 10.3. The fourth-order valence-electron chi connectivity index (χ4n) is 2.16. The van der Waals surface area contributed by atoms with Crippen molar-refractivity contribution >= 4 is 11.4 Å². The standard InChI is InChI=1S/C12H17N3O3/c1-14-6-2-3-10(8-14)18-9-4-5-11(13)12(7-9)15(16)17/h4-5,7,10H,2-3,6,8,13H2,1H3. The molecular formula is C12H17N3O3. The molecule has 2 N–H and O–H groups in total. The monoisotopic (exact) mass is 251 g/mol. The number of ether oxygens (including phenoxy) is 1. The smallest absolute Gasteiger partial charge is 0.295 e. The third kappa shape index (κ3) is 2.89. The summed E-state index contributed by atoms with van der Waals surface area (Å²) in [5.74, 6) is 0.510. The van der Waals surface area contributed by atoms with Gasteiger partial charge in [0.15, 0.2) is 0 Å². The molecule has 6 nitrogen and oxygen atoms in total. The van der Waals surface area contributed by atoms with E-state index >= 15 is 0 Å². The summed E-state index contributed by atoms with van der Waals surface area (Å²) in [5, 5.41) is 10.8. The van der Waals surface area contributed by atoms with Gasteiger partial charge in [0.05, 0.1) is 11.0 Å². The van der Waals surface area contributed by atoms with Crippen LogP contribution in [-0.4, -0.2) is 36.1 Å². The van der Waals surface area contributed by atoms with Crippen LogP contribution in [0.5, 0.6) is 5.75 Å². The first kappa shape index (κ1) is 12.6. The van der Waals surface area contributed by atoms with Gasteiger partial charge < -0.3 is 15.4 Å². The number of likely N-dealkylation sites (tertiary alicyclic amines) is 1. The fourth-order valence-corrected chi connectivity index (χ4v) is 2.16. The molecule has 0 aromatic heterocycles. The number of hydrogen-bond acceptors (Lipinski definition) is 5. The number of nitro benzene ring substituents is 1. The highest BCUT2D eigenvalue weighted by molar-refractivity contribution is 5.60. The average Bonchev–Trinajstić information content (AvgIpc) is 2.31. The second-order valence-corrected chi connectivity index (χ2v) is 4.62. The molecular weight excluding hydrogens is 234 g/mol. The summed E-state index contributed by atoms with van der Waals surface area (Å²) in [6, 6.07) is 4.58. The molecule has 1 aromatic carbocycles. The van der Waals surface area contributed by atoms with Crippen LogP contribution in [0.25, 0.3) is 0 Å². The minimum Gasteiger partial charge on any atom is -0.489 e. The summed E-state index contributed by atoms with van der Waals surface area (Å²) < 4.78 is 5.77. The Hall–Kier alpha value is -1.82. The molecule has 0 bridgehead atoms. The van der Waals surface area contributed by atoms with Gasteiger partial charge in [-0.15, -0.1) is 0 Å². The molecule has 1 unspecified atom stereocenters. The van der Waals surface area contributed by atoms with Crippen LogP contribution in [0.1, 0.15) is 12.8 Å². The normalized spacial score (nSPS) is 20.6. The van der Waals surface area contributed by atoms with Crippen LogP contribution in [0.3, 0.4) is 0 Å². The Kier molecular flexibility index (Phi) is 3.66. The van der Waals surface area contributed by atoms with Crippen LogP contribution in [-0.2, 0) is 0 Å². The van der Waals surface area contributed by atoms with Gasteiger partial charge in [0.25, 0.3) is 5.69 Å². The highest BCUT2D eigenvalue weighted by Gasteiger charge is 2.20. The lowest BCUT2D eigenvalue weighted by molar-refractivity contribution is -0.384. The van der Waals surface area contributed by atoms with Crippen LogP contribution < -0.4 is 10.5 Å². The van der Waals surface area contributed by atoms with Crippen LogP contribution in [0.15, 0.2) is 18.2 Å². The number of nitrogen functional groups attached to an aromatic ring is 1. The molecule has 0 radical (unpaired) electrons. The molecule has 0 saturated carbocycles. The van der Waals surface area contributed by atoms with E-state index in [2.05, 4.69) is 4.90 Å². The minimum atomic E-state index is -0.491. The number of nitro groups is 1. The molecule has 0 spiro atoms. The quantitative estimate of drug-likeness (QED) is 0.502. The Balaban J connectivity index is 2.09. The highest BCUT2D eigenvalue weighted by atomic mass is 16.6. The van der Waals surface area contributed by atoms with Crippen molar-refractivity contribution in [1.29, 1.82) is 0 Å². The molecule has 18 heavy (non-hydrogen) atoms. The first-order valence-electron chi connectivity index (χ1n) is 5.95. The van der Waals surface area contributed by atoms with E-state index in [-0.39, 0.29) is 17.5 Å². The van der Waals surface area contributed by atoms with Crippen molar-refractivity contribution in [2.45, 2.75) is 18.9 Å². The summed E-state index contributed by atoms with van der Waals surface area (Å²) in [7, 11) is 2.04. The van der Waals surface area contributed by atoms with Crippen LogP contribution in [0, 0.1) is 10.1 Å². The van der Waals surface area contributed by atoms with Gasteiger partial charge in [0, 0.05) is 6.54 Å². The number of rotatable bonds is 3. The molecule has 1 aliphatic heterocycles. The second-order valence-electron chi connectivity index (χ2n) is 4.62. The first-order valence-corrected chi connectivity index (χ1v) is 5.95. The number of nitrogens with zero attached hydrogens (tertiary/aromatic N) is 2. The lowest BCUT2D eigenvalue weighted by Gasteiger charge is -2.29. The van der Waals surface area contributed by atoms with Crippen molar-refractivity contribution in [1.82, 2.24) is 4.90 Å². The maximum Gasteiger partial charge on any atom is 0.295 e. The van der Waals surface area contributed by atoms with E-state index < -0.39 is 4.92 Å². The zero-order chi connectivity index (χ0) is 13.1. The first-order chi connectivity index (χ1) is 8.56. The largest absolute Gasteiger partial charge is 0.489 e. The van der Waals surface area contributed by atoms with Gasteiger partial charge in [-0.3, -0.25) is 10.1 Å². The summed E-state index contributed by atoms with van der Waals surface area (Å²) in [5.41, 5.74) is 5.60. The Morgan fingerprint density at radius 3 is 3.00 bits per heavy atom. The molecule has 1 saturated heterocycles. The van der Waals surface area contributed by atoms with E-state index in [1.807, 2.05) is 7.05 Å². The third-order valence-electron chi connectivity index (χ3n) is 3.08. The Labute approximate surface area is 105 Å². The number of nitrogens with two attached hydrogens (primary N) is 1. The summed E-state index contributed by atoms with van der Waals surface area (Å²) >= 11 is 0. The van der Waals surface area contributed by atoms with Gasteiger partial charge >= 0.3 is 0 Å². The summed E-state index contributed by atoms with van der Waals surface area (Å²) in [6.45, 7) is 1.92. The van der Waals surface area contributed by atoms with Crippen molar-refractivity contribution in [3.63, 3.8) is 0 Å². The molecule has 98 valence electrons. The lowest BCUT2D eigenvalue weighted by Crippen LogP contribution is -2.38. The second kappa shape index (κ2) is 5.22. The number of benzene rings is 1. The Bertz CT molecular complexity index is 450. The maximum absolute atomic E-state index is 10.8. The van der Waals surface area contributed by atoms with Crippen molar-refractivity contribution in [2.24, 2.45) is 0 Å². The average molecular weight is 251 g/mol. The Morgan fingerprint density at radius 2 is 2.33 bits per heavy atom. The predicted molar refractivity (Wildman–Crippen MR) is 68.7 cm³/mol. The number of anilines is 1. The molecule has 2 rings (SSSR count). The van der Waals surface area contributed by atoms with E-state index in [0.29, 0.717) is 5.75 Å². The molecule has 0 aliphatic carbocycles.